The summed E-state index contributed by atoms with van der Waals surface area (Å²) in [6, 6.07) is 16.5. The number of nitrogens with zero attached hydrogens (tertiary/aromatic N) is 2. The van der Waals surface area contributed by atoms with Gasteiger partial charge in [0.25, 0.3) is 0 Å². The summed E-state index contributed by atoms with van der Waals surface area (Å²) in [5.74, 6) is 0. The summed E-state index contributed by atoms with van der Waals surface area (Å²) < 4.78 is 31.9. The van der Waals surface area contributed by atoms with Crippen molar-refractivity contribution in [2.24, 2.45) is 5.16 Å². The molecule has 2 aromatic rings. The first-order valence-electron chi connectivity index (χ1n) is 8.46. The van der Waals surface area contributed by atoms with Gasteiger partial charge in [-0.15, -0.1) is 0 Å². The molecule has 2 aromatic carbocycles. The Morgan fingerprint density at radius 1 is 1.08 bits per heavy atom. The maximum Gasteiger partial charge on any atom is 0.243 e. The van der Waals surface area contributed by atoms with Gasteiger partial charge in [-0.3, -0.25) is 0 Å². The first kappa shape index (κ1) is 18.6. The maximum atomic E-state index is 12.6. The van der Waals surface area contributed by atoms with E-state index in [9.17, 15) is 8.42 Å². The standard InChI is InChI=1S/C19H22N2O4S/c1-16(20-25-15-17-5-3-2-4-6-17)18-7-9-19(10-8-18)26(22,23)21-11-13-24-14-12-21/h2-10H,11-15H2,1H3/b20-16+. The Hall–Kier alpha value is -2.22. The zero-order valence-corrected chi connectivity index (χ0v) is 15.5. The molecule has 0 atom stereocenters. The van der Waals surface area contributed by atoms with Crippen molar-refractivity contribution in [1.82, 2.24) is 4.31 Å². The molecule has 1 aliphatic rings. The molecular weight excluding hydrogens is 352 g/mol. The molecule has 0 radical (unpaired) electrons. The van der Waals surface area contributed by atoms with Gasteiger partial charge in [0, 0.05) is 13.1 Å². The molecule has 7 heteroatoms. The van der Waals surface area contributed by atoms with Crippen LogP contribution < -0.4 is 0 Å². The number of morpholine rings is 1. The molecule has 26 heavy (non-hydrogen) atoms. The molecule has 0 aromatic heterocycles. The summed E-state index contributed by atoms with van der Waals surface area (Å²) in [5.41, 5.74) is 2.55. The van der Waals surface area contributed by atoms with Crippen LogP contribution in [0.25, 0.3) is 0 Å². The second-order valence-corrected chi connectivity index (χ2v) is 7.91. The van der Waals surface area contributed by atoms with Crippen LogP contribution in [0.15, 0.2) is 64.6 Å². The zero-order valence-electron chi connectivity index (χ0n) is 14.7. The number of rotatable bonds is 6. The topological polar surface area (TPSA) is 68.2 Å². The molecule has 1 fully saturated rings. The molecule has 1 saturated heterocycles. The maximum absolute atomic E-state index is 12.6. The number of oxime groups is 1. The van der Waals surface area contributed by atoms with Gasteiger partial charge in [0.1, 0.15) is 6.61 Å². The van der Waals surface area contributed by atoms with Crippen molar-refractivity contribution in [2.75, 3.05) is 26.3 Å². The predicted molar refractivity (Wildman–Crippen MR) is 99.5 cm³/mol. The molecule has 0 unspecified atom stereocenters. The Morgan fingerprint density at radius 3 is 2.38 bits per heavy atom. The Kier molecular flexibility index (Phi) is 6.03. The number of sulfonamides is 1. The van der Waals surface area contributed by atoms with E-state index in [1.54, 1.807) is 24.3 Å². The van der Waals surface area contributed by atoms with E-state index >= 15 is 0 Å². The molecule has 0 N–H and O–H groups in total. The zero-order chi connectivity index (χ0) is 18.4. The molecule has 3 rings (SSSR count). The summed E-state index contributed by atoms with van der Waals surface area (Å²) in [6.45, 7) is 3.86. The van der Waals surface area contributed by atoms with Crippen molar-refractivity contribution in [3.8, 4) is 0 Å². The van der Waals surface area contributed by atoms with Crippen molar-refractivity contribution in [2.45, 2.75) is 18.4 Å². The van der Waals surface area contributed by atoms with Crippen molar-refractivity contribution in [3.63, 3.8) is 0 Å². The Morgan fingerprint density at radius 2 is 1.73 bits per heavy atom. The average Bonchev–Trinajstić information content (AvgIpc) is 2.69. The van der Waals surface area contributed by atoms with Gasteiger partial charge in [0.2, 0.25) is 10.0 Å². The third-order valence-electron chi connectivity index (χ3n) is 4.16. The van der Waals surface area contributed by atoms with Gasteiger partial charge in [-0.25, -0.2) is 8.42 Å². The van der Waals surface area contributed by atoms with Gasteiger partial charge in [0.15, 0.2) is 0 Å². The largest absolute Gasteiger partial charge is 0.391 e. The highest BCUT2D eigenvalue weighted by Crippen LogP contribution is 2.18. The van der Waals surface area contributed by atoms with Crippen molar-refractivity contribution < 1.29 is 18.0 Å². The van der Waals surface area contributed by atoms with E-state index in [0.29, 0.717) is 38.6 Å². The van der Waals surface area contributed by atoms with E-state index < -0.39 is 10.0 Å². The summed E-state index contributed by atoms with van der Waals surface area (Å²) in [7, 11) is -3.48. The molecule has 138 valence electrons. The Bertz CT molecular complexity index is 843. The van der Waals surface area contributed by atoms with Gasteiger partial charge in [0.05, 0.1) is 23.8 Å². The van der Waals surface area contributed by atoms with Crippen molar-refractivity contribution in [1.29, 1.82) is 0 Å². The molecule has 0 bridgehead atoms. The van der Waals surface area contributed by atoms with Crippen LogP contribution in [0.5, 0.6) is 0 Å². The van der Waals surface area contributed by atoms with E-state index in [4.69, 9.17) is 9.57 Å². The molecule has 0 aliphatic carbocycles. The molecule has 1 heterocycles. The highest BCUT2D eigenvalue weighted by atomic mass is 32.2. The molecule has 0 spiro atoms. The fraction of sp³-hybridized carbons (Fsp3) is 0.316. The lowest BCUT2D eigenvalue weighted by molar-refractivity contribution is 0.0730. The predicted octanol–water partition coefficient (Wildman–Crippen LogP) is 2.65. The van der Waals surface area contributed by atoms with Gasteiger partial charge in [-0.1, -0.05) is 47.6 Å². The minimum absolute atomic E-state index is 0.279. The van der Waals surface area contributed by atoms with Crippen LogP contribution in [0.1, 0.15) is 18.1 Å². The van der Waals surface area contributed by atoms with Gasteiger partial charge in [-0.05, 0) is 30.2 Å². The molecule has 1 aliphatic heterocycles. The van der Waals surface area contributed by atoms with Gasteiger partial charge >= 0.3 is 0 Å². The fourth-order valence-electron chi connectivity index (χ4n) is 2.63. The van der Waals surface area contributed by atoms with Crippen LogP contribution in [-0.4, -0.2) is 44.7 Å². The lowest BCUT2D eigenvalue weighted by Gasteiger charge is -2.26. The second-order valence-electron chi connectivity index (χ2n) is 5.98. The van der Waals surface area contributed by atoms with Crippen LogP contribution in [0.4, 0.5) is 0 Å². The third kappa shape index (κ3) is 4.49. The van der Waals surface area contributed by atoms with Crippen LogP contribution in [-0.2, 0) is 26.2 Å². The highest BCUT2D eigenvalue weighted by Gasteiger charge is 2.26. The van der Waals surface area contributed by atoms with Gasteiger partial charge in [-0.2, -0.15) is 4.31 Å². The van der Waals surface area contributed by atoms with Crippen molar-refractivity contribution >= 4 is 15.7 Å². The number of benzene rings is 2. The molecular formula is C19H22N2O4S. The van der Waals surface area contributed by atoms with E-state index in [1.807, 2.05) is 37.3 Å². The molecule has 6 nitrogen and oxygen atoms in total. The quantitative estimate of drug-likeness (QED) is 0.576. The smallest absolute Gasteiger partial charge is 0.243 e. The van der Waals surface area contributed by atoms with Crippen LogP contribution in [0.3, 0.4) is 0 Å². The van der Waals surface area contributed by atoms with E-state index in [2.05, 4.69) is 5.16 Å². The second kappa shape index (κ2) is 8.44. The van der Waals surface area contributed by atoms with E-state index in [0.717, 1.165) is 11.1 Å². The van der Waals surface area contributed by atoms with E-state index in [1.165, 1.54) is 4.31 Å². The normalized spacial score (nSPS) is 16.4. The Labute approximate surface area is 154 Å². The monoisotopic (exact) mass is 374 g/mol. The summed E-state index contributed by atoms with van der Waals surface area (Å²) in [6.07, 6.45) is 0. The SMILES string of the molecule is C/C(=N\OCc1ccccc1)c1ccc(S(=O)(=O)N2CCOCC2)cc1. The fourth-order valence-corrected chi connectivity index (χ4v) is 4.04. The van der Waals surface area contributed by atoms with Gasteiger partial charge < -0.3 is 9.57 Å². The lowest BCUT2D eigenvalue weighted by Crippen LogP contribution is -2.40. The number of ether oxygens (including phenoxy) is 1. The number of hydrogen-bond donors (Lipinski definition) is 0. The van der Waals surface area contributed by atoms with Crippen molar-refractivity contribution in [3.05, 3.63) is 65.7 Å². The summed E-state index contributed by atoms with van der Waals surface area (Å²) in [4.78, 5) is 5.66. The minimum atomic E-state index is -3.48. The number of hydrogen-bond acceptors (Lipinski definition) is 5. The Balaban J connectivity index is 1.65. The third-order valence-corrected chi connectivity index (χ3v) is 6.07. The first-order valence-corrected chi connectivity index (χ1v) is 9.90. The summed E-state index contributed by atoms with van der Waals surface area (Å²) >= 11 is 0. The lowest BCUT2D eigenvalue weighted by atomic mass is 10.1. The first-order chi connectivity index (χ1) is 12.6. The minimum Gasteiger partial charge on any atom is -0.391 e. The highest BCUT2D eigenvalue weighted by molar-refractivity contribution is 7.89. The van der Waals surface area contributed by atoms with Crippen LogP contribution >= 0.6 is 0 Å². The van der Waals surface area contributed by atoms with E-state index in [-0.39, 0.29) is 4.90 Å². The molecule has 0 saturated carbocycles. The summed E-state index contributed by atoms with van der Waals surface area (Å²) in [5, 5.41) is 4.11. The average molecular weight is 374 g/mol. The molecule has 0 amide bonds. The van der Waals surface area contributed by atoms with Crippen LogP contribution in [0.2, 0.25) is 0 Å². The van der Waals surface area contributed by atoms with Crippen LogP contribution in [0, 0.1) is 0 Å².